The lowest BCUT2D eigenvalue weighted by molar-refractivity contribution is 0.0776. The number of nitrogens with one attached hydrogen (secondary N) is 2. The molecule has 0 aromatic carbocycles. The summed E-state index contributed by atoms with van der Waals surface area (Å²) in [5, 5.41) is 6.70. The molecule has 0 saturated heterocycles. The Morgan fingerprint density at radius 2 is 2.35 bits per heavy atom. The fourth-order valence-corrected chi connectivity index (χ4v) is 1.48. The lowest BCUT2D eigenvalue weighted by atomic mass is 10.3. The van der Waals surface area contributed by atoms with Crippen molar-refractivity contribution in [3.05, 3.63) is 29.6 Å². The van der Waals surface area contributed by atoms with Crippen LogP contribution in [0, 0.1) is 6.92 Å². The number of nitrogens with zero attached hydrogens (tertiary/aromatic N) is 3. The number of carbonyl (C=O) groups is 1. The molecule has 2 aromatic heterocycles. The first-order valence-corrected chi connectivity index (χ1v) is 5.13. The minimum absolute atomic E-state index is 0.149. The molecular formula is C10H14N6O. The molecule has 0 radical (unpaired) electrons. The molecule has 0 aliphatic carbocycles. The SMILES string of the molecule is Cc1nc(CN(C)C(=O)c2cc(N)c[nH]2)n[nH]1. The Balaban J connectivity index is 2.05. The summed E-state index contributed by atoms with van der Waals surface area (Å²) in [5.74, 6) is 1.16. The van der Waals surface area contributed by atoms with Gasteiger partial charge in [-0.3, -0.25) is 9.89 Å². The van der Waals surface area contributed by atoms with Gasteiger partial charge >= 0.3 is 0 Å². The second kappa shape index (κ2) is 4.28. The van der Waals surface area contributed by atoms with E-state index in [4.69, 9.17) is 5.73 Å². The molecule has 0 aliphatic heterocycles. The third kappa shape index (κ3) is 2.44. The lowest BCUT2D eigenvalue weighted by Crippen LogP contribution is -2.27. The van der Waals surface area contributed by atoms with E-state index in [0.717, 1.165) is 5.82 Å². The molecule has 7 heteroatoms. The van der Waals surface area contributed by atoms with Crippen LogP contribution in [-0.4, -0.2) is 38.0 Å². The first-order valence-electron chi connectivity index (χ1n) is 5.13. The van der Waals surface area contributed by atoms with Crippen LogP contribution in [0.1, 0.15) is 22.1 Å². The van der Waals surface area contributed by atoms with Crippen molar-refractivity contribution < 1.29 is 4.79 Å². The van der Waals surface area contributed by atoms with Crippen LogP contribution in [0.5, 0.6) is 0 Å². The molecule has 17 heavy (non-hydrogen) atoms. The van der Waals surface area contributed by atoms with Gasteiger partial charge in [0, 0.05) is 18.9 Å². The van der Waals surface area contributed by atoms with Gasteiger partial charge in [0.05, 0.1) is 6.54 Å². The predicted octanol–water partition coefficient (Wildman–Crippen LogP) is 0.296. The molecule has 4 N–H and O–H groups in total. The molecule has 0 unspecified atom stereocenters. The summed E-state index contributed by atoms with van der Waals surface area (Å²) in [6.07, 6.45) is 1.58. The minimum Gasteiger partial charge on any atom is -0.397 e. The van der Waals surface area contributed by atoms with Crippen LogP contribution in [0.4, 0.5) is 5.69 Å². The molecule has 7 nitrogen and oxygen atoms in total. The molecule has 0 saturated carbocycles. The van der Waals surface area contributed by atoms with E-state index in [2.05, 4.69) is 20.2 Å². The van der Waals surface area contributed by atoms with E-state index in [1.54, 1.807) is 19.3 Å². The van der Waals surface area contributed by atoms with Gasteiger partial charge < -0.3 is 15.6 Å². The zero-order valence-electron chi connectivity index (χ0n) is 9.69. The Kier molecular flexibility index (Phi) is 2.82. The van der Waals surface area contributed by atoms with Gasteiger partial charge in [-0.2, -0.15) is 5.10 Å². The average Bonchev–Trinajstić information content (AvgIpc) is 2.87. The van der Waals surface area contributed by atoms with Crippen LogP contribution in [-0.2, 0) is 6.54 Å². The van der Waals surface area contributed by atoms with Crippen LogP contribution in [0.25, 0.3) is 0 Å². The van der Waals surface area contributed by atoms with Gasteiger partial charge in [-0.05, 0) is 13.0 Å². The van der Waals surface area contributed by atoms with Crippen molar-refractivity contribution in [1.29, 1.82) is 0 Å². The summed E-state index contributed by atoms with van der Waals surface area (Å²) >= 11 is 0. The van der Waals surface area contributed by atoms with Crippen molar-refractivity contribution >= 4 is 11.6 Å². The Labute approximate surface area is 98.0 Å². The molecule has 1 amide bonds. The van der Waals surface area contributed by atoms with Crippen molar-refractivity contribution in [2.75, 3.05) is 12.8 Å². The highest BCUT2D eigenvalue weighted by Gasteiger charge is 2.15. The van der Waals surface area contributed by atoms with Crippen molar-refractivity contribution in [3.63, 3.8) is 0 Å². The van der Waals surface area contributed by atoms with Crippen LogP contribution in [0.15, 0.2) is 12.3 Å². The van der Waals surface area contributed by atoms with Crippen molar-refractivity contribution in [1.82, 2.24) is 25.1 Å². The topological polar surface area (TPSA) is 104 Å². The third-order valence-corrected chi connectivity index (χ3v) is 2.30. The largest absolute Gasteiger partial charge is 0.397 e. The third-order valence-electron chi connectivity index (χ3n) is 2.30. The molecule has 2 rings (SSSR count). The highest BCUT2D eigenvalue weighted by atomic mass is 16.2. The van der Waals surface area contributed by atoms with E-state index in [9.17, 15) is 4.79 Å². The van der Waals surface area contributed by atoms with E-state index < -0.39 is 0 Å². The standard InChI is InChI=1S/C10H14N6O/c1-6-13-9(15-14-6)5-16(2)10(17)8-3-7(11)4-12-8/h3-4,12H,5,11H2,1-2H3,(H,13,14,15). The molecule has 2 heterocycles. The zero-order valence-corrected chi connectivity index (χ0v) is 9.69. The van der Waals surface area contributed by atoms with Gasteiger partial charge in [0.15, 0.2) is 5.82 Å². The normalized spacial score (nSPS) is 10.5. The Morgan fingerprint density at radius 3 is 2.88 bits per heavy atom. The molecule has 0 bridgehead atoms. The highest BCUT2D eigenvalue weighted by molar-refractivity contribution is 5.93. The van der Waals surface area contributed by atoms with Crippen LogP contribution >= 0.6 is 0 Å². The van der Waals surface area contributed by atoms with Crippen molar-refractivity contribution in [2.45, 2.75) is 13.5 Å². The van der Waals surface area contributed by atoms with Gasteiger partial charge in [0.1, 0.15) is 11.5 Å². The molecule has 0 atom stereocenters. The molecule has 0 fully saturated rings. The Hall–Kier alpha value is -2.31. The number of nitrogen functional groups attached to an aromatic ring is 1. The summed E-state index contributed by atoms with van der Waals surface area (Å²) in [6, 6.07) is 1.60. The summed E-state index contributed by atoms with van der Waals surface area (Å²) < 4.78 is 0. The van der Waals surface area contributed by atoms with Gasteiger partial charge in [-0.1, -0.05) is 0 Å². The number of hydrogen-bond donors (Lipinski definition) is 3. The number of rotatable bonds is 3. The van der Waals surface area contributed by atoms with Crippen LogP contribution in [0.2, 0.25) is 0 Å². The molecular weight excluding hydrogens is 220 g/mol. The summed E-state index contributed by atoms with van der Waals surface area (Å²) in [6.45, 7) is 2.16. The maximum Gasteiger partial charge on any atom is 0.270 e. The monoisotopic (exact) mass is 234 g/mol. The second-order valence-electron chi connectivity index (χ2n) is 3.84. The fraction of sp³-hybridized carbons (Fsp3) is 0.300. The van der Waals surface area contributed by atoms with Gasteiger partial charge in [0.25, 0.3) is 5.91 Å². The summed E-state index contributed by atoms with van der Waals surface area (Å²) in [4.78, 5) is 20.4. The maximum atomic E-state index is 11.9. The quantitative estimate of drug-likeness (QED) is 0.710. The van der Waals surface area contributed by atoms with Crippen LogP contribution in [0.3, 0.4) is 0 Å². The predicted molar refractivity (Wildman–Crippen MR) is 62.1 cm³/mol. The molecule has 90 valence electrons. The molecule has 2 aromatic rings. The summed E-state index contributed by atoms with van der Waals surface area (Å²) in [7, 11) is 1.69. The number of H-pyrrole nitrogens is 2. The Morgan fingerprint density at radius 1 is 1.59 bits per heavy atom. The molecule has 0 spiro atoms. The number of hydrogen-bond acceptors (Lipinski definition) is 4. The minimum atomic E-state index is -0.149. The maximum absolute atomic E-state index is 11.9. The van der Waals surface area contributed by atoms with E-state index in [0.29, 0.717) is 23.8 Å². The average molecular weight is 234 g/mol. The smallest absolute Gasteiger partial charge is 0.270 e. The van der Waals surface area contributed by atoms with E-state index in [1.165, 1.54) is 4.90 Å². The molecule has 0 aliphatic rings. The van der Waals surface area contributed by atoms with Crippen LogP contribution < -0.4 is 5.73 Å². The van der Waals surface area contributed by atoms with Crippen molar-refractivity contribution in [2.24, 2.45) is 0 Å². The number of nitrogens with two attached hydrogens (primary N) is 1. The van der Waals surface area contributed by atoms with Crippen molar-refractivity contribution in [3.8, 4) is 0 Å². The number of amides is 1. The fourth-order valence-electron chi connectivity index (χ4n) is 1.48. The number of carbonyl (C=O) groups excluding carboxylic acids is 1. The number of aryl methyl sites for hydroxylation is 1. The summed E-state index contributed by atoms with van der Waals surface area (Å²) in [5.41, 5.74) is 6.53. The number of aromatic nitrogens is 4. The van der Waals surface area contributed by atoms with Gasteiger partial charge in [0.2, 0.25) is 0 Å². The number of anilines is 1. The number of aromatic amines is 2. The second-order valence-corrected chi connectivity index (χ2v) is 3.84. The highest BCUT2D eigenvalue weighted by Crippen LogP contribution is 2.08. The Bertz CT molecular complexity index is 528. The van der Waals surface area contributed by atoms with E-state index in [1.807, 2.05) is 6.92 Å². The first-order chi connectivity index (χ1) is 8.06. The van der Waals surface area contributed by atoms with Gasteiger partial charge in [-0.15, -0.1) is 0 Å². The zero-order chi connectivity index (χ0) is 12.4. The van der Waals surface area contributed by atoms with Gasteiger partial charge in [-0.25, -0.2) is 4.98 Å². The lowest BCUT2D eigenvalue weighted by Gasteiger charge is -2.13. The van der Waals surface area contributed by atoms with E-state index in [-0.39, 0.29) is 5.91 Å². The van der Waals surface area contributed by atoms with E-state index >= 15 is 0 Å². The first kappa shape index (κ1) is 11.2.